The Morgan fingerprint density at radius 3 is 2.50 bits per heavy atom. The molecule has 1 saturated heterocycles. The molecule has 1 fully saturated rings. The predicted molar refractivity (Wildman–Crippen MR) is 48.7 cm³/mol. The third-order valence-corrected chi connectivity index (χ3v) is 1.95. The Balaban J connectivity index is 2.03. The van der Waals surface area contributed by atoms with E-state index in [1.165, 1.54) is 0 Å². The fraction of sp³-hybridized carbons (Fsp3) is 0.200. The Bertz CT molecular complexity index is 388. The van der Waals surface area contributed by atoms with E-state index in [-0.39, 0.29) is 6.42 Å². The number of carbonyl (C=O) groups excluding carboxylic acids is 2. The molecule has 1 atom stereocenters. The Morgan fingerprint density at radius 2 is 1.75 bits per heavy atom. The van der Waals surface area contributed by atoms with Gasteiger partial charge in [-0.15, -0.1) is 0 Å². The largest absolute Gasteiger partial charge is 0.582 e. The van der Waals surface area contributed by atoms with Crippen molar-refractivity contribution in [1.82, 2.24) is 0 Å². The highest BCUT2D eigenvalue weighted by atomic mass is 17.3. The lowest BCUT2D eigenvalue weighted by atomic mass is 10.1. The molecule has 1 aromatic carbocycles. The molecular weight excluding hydrogens is 216 g/mol. The van der Waals surface area contributed by atoms with Crippen LogP contribution >= 0.6 is 0 Å². The third kappa shape index (κ3) is 2.48. The predicted octanol–water partition coefficient (Wildman–Crippen LogP) is 1.15. The van der Waals surface area contributed by atoms with E-state index in [4.69, 9.17) is 0 Å². The zero-order valence-corrected chi connectivity index (χ0v) is 8.12. The lowest BCUT2D eigenvalue weighted by Gasteiger charge is -2.07. The fourth-order valence-corrected chi connectivity index (χ4v) is 1.22. The summed E-state index contributed by atoms with van der Waals surface area (Å²) >= 11 is 0. The number of hydrogen-bond acceptors (Lipinski definition) is 6. The van der Waals surface area contributed by atoms with Gasteiger partial charge in [0.2, 0.25) is 6.10 Å². The Kier molecular flexibility index (Phi) is 3.02. The lowest BCUT2D eigenvalue weighted by molar-refractivity contribution is -0.277. The zero-order valence-electron chi connectivity index (χ0n) is 8.12. The van der Waals surface area contributed by atoms with Crippen molar-refractivity contribution < 1.29 is 29.1 Å². The fourth-order valence-electron chi connectivity index (χ4n) is 1.22. The van der Waals surface area contributed by atoms with Gasteiger partial charge in [-0.05, 0) is 5.56 Å². The maximum absolute atomic E-state index is 11.3. The highest BCUT2D eigenvalue weighted by Gasteiger charge is 2.31. The van der Waals surface area contributed by atoms with Crippen molar-refractivity contribution in [2.75, 3.05) is 0 Å². The van der Waals surface area contributed by atoms with E-state index in [0.29, 0.717) is 0 Å². The summed E-state index contributed by atoms with van der Waals surface area (Å²) in [5, 5.41) is 0. The van der Waals surface area contributed by atoms with Crippen LogP contribution in [0.25, 0.3) is 0 Å². The van der Waals surface area contributed by atoms with Gasteiger partial charge in [-0.1, -0.05) is 30.3 Å². The summed E-state index contributed by atoms with van der Waals surface area (Å²) in [4.78, 5) is 38.7. The van der Waals surface area contributed by atoms with Crippen LogP contribution in [0, 0.1) is 0 Å². The first-order valence-corrected chi connectivity index (χ1v) is 4.55. The summed E-state index contributed by atoms with van der Waals surface area (Å²) in [6, 6.07) is 9.10. The number of benzene rings is 1. The summed E-state index contributed by atoms with van der Waals surface area (Å²) in [5.41, 5.74) is 0.849. The first-order valence-electron chi connectivity index (χ1n) is 4.55. The van der Waals surface area contributed by atoms with E-state index in [0.717, 1.165) is 5.56 Å². The van der Waals surface area contributed by atoms with Crippen LogP contribution in [0.3, 0.4) is 0 Å². The molecule has 0 radical (unpaired) electrons. The van der Waals surface area contributed by atoms with E-state index >= 15 is 0 Å². The molecule has 16 heavy (non-hydrogen) atoms. The monoisotopic (exact) mass is 224 g/mol. The Hall–Kier alpha value is -2.08. The standard InChI is InChI=1S/C10H8O6/c11-9-8(13-15-10(12)16-14-9)6-7-4-2-1-3-5-7/h1-5,8H,6H2. The van der Waals surface area contributed by atoms with Gasteiger partial charge < -0.3 is 0 Å². The summed E-state index contributed by atoms with van der Waals surface area (Å²) < 4.78 is 0. The van der Waals surface area contributed by atoms with Crippen LogP contribution in [-0.2, 0) is 30.8 Å². The van der Waals surface area contributed by atoms with E-state index < -0.39 is 18.2 Å². The lowest BCUT2D eigenvalue weighted by Crippen LogP contribution is -2.26. The van der Waals surface area contributed by atoms with Crippen molar-refractivity contribution >= 4 is 12.1 Å². The Morgan fingerprint density at radius 1 is 1.00 bits per heavy atom. The molecule has 6 heteroatoms. The van der Waals surface area contributed by atoms with Crippen molar-refractivity contribution in [3.05, 3.63) is 35.9 Å². The summed E-state index contributed by atoms with van der Waals surface area (Å²) in [5.74, 6) is -0.810. The molecule has 0 saturated carbocycles. The molecule has 1 heterocycles. The SMILES string of the molecule is O=C1OOC(=O)C(Cc2ccccc2)OO1. The molecule has 0 aliphatic carbocycles. The first-order chi connectivity index (χ1) is 7.75. The van der Waals surface area contributed by atoms with Crippen molar-refractivity contribution in [3.8, 4) is 0 Å². The summed E-state index contributed by atoms with van der Waals surface area (Å²) in [7, 11) is 0. The van der Waals surface area contributed by atoms with Crippen LogP contribution in [0.1, 0.15) is 5.56 Å². The molecule has 84 valence electrons. The van der Waals surface area contributed by atoms with Gasteiger partial charge in [0.05, 0.1) is 0 Å². The van der Waals surface area contributed by atoms with Crippen molar-refractivity contribution in [2.24, 2.45) is 0 Å². The minimum absolute atomic E-state index is 0.232. The molecule has 6 nitrogen and oxygen atoms in total. The van der Waals surface area contributed by atoms with Crippen LogP contribution in [0.5, 0.6) is 0 Å². The average molecular weight is 224 g/mol. The molecule has 1 unspecified atom stereocenters. The highest BCUT2D eigenvalue weighted by Crippen LogP contribution is 2.11. The third-order valence-electron chi connectivity index (χ3n) is 1.95. The van der Waals surface area contributed by atoms with Gasteiger partial charge in [0, 0.05) is 6.42 Å². The second kappa shape index (κ2) is 4.63. The van der Waals surface area contributed by atoms with Crippen LogP contribution < -0.4 is 0 Å². The molecule has 0 amide bonds. The van der Waals surface area contributed by atoms with Crippen molar-refractivity contribution in [2.45, 2.75) is 12.5 Å². The van der Waals surface area contributed by atoms with Crippen LogP contribution in [0.2, 0.25) is 0 Å². The second-order valence-electron chi connectivity index (χ2n) is 3.09. The maximum Gasteiger partial charge on any atom is 0.582 e. The first kappa shape index (κ1) is 10.4. The molecule has 0 spiro atoms. The molecule has 0 aromatic heterocycles. The van der Waals surface area contributed by atoms with E-state index in [1.807, 2.05) is 30.3 Å². The van der Waals surface area contributed by atoms with Gasteiger partial charge in [0.1, 0.15) is 0 Å². The molecule has 1 aliphatic heterocycles. The van der Waals surface area contributed by atoms with Gasteiger partial charge in [0.25, 0.3) is 0 Å². The van der Waals surface area contributed by atoms with Gasteiger partial charge in [0.15, 0.2) is 0 Å². The zero-order chi connectivity index (χ0) is 11.4. The van der Waals surface area contributed by atoms with Crippen LogP contribution in [-0.4, -0.2) is 18.2 Å². The van der Waals surface area contributed by atoms with Gasteiger partial charge in [-0.25, -0.2) is 14.6 Å². The van der Waals surface area contributed by atoms with Gasteiger partial charge in [-0.2, -0.15) is 9.68 Å². The second-order valence-corrected chi connectivity index (χ2v) is 3.09. The summed E-state index contributed by atoms with van der Waals surface area (Å²) in [6.45, 7) is 0. The molecule has 1 aromatic rings. The molecular formula is C10H8O6. The molecule has 2 rings (SSSR count). The maximum atomic E-state index is 11.3. The molecule has 1 aliphatic rings. The summed E-state index contributed by atoms with van der Waals surface area (Å²) in [6.07, 6.45) is -1.99. The highest BCUT2D eigenvalue weighted by molar-refractivity contribution is 5.76. The normalized spacial score (nSPS) is 20.4. The quantitative estimate of drug-likeness (QED) is 0.702. The number of carbonyl (C=O) groups is 2. The number of hydrogen-bond donors (Lipinski definition) is 0. The van der Waals surface area contributed by atoms with Crippen LogP contribution in [0.15, 0.2) is 30.3 Å². The molecule has 0 N–H and O–H groups in total. The Labute approximate surface area is 90.5 Å². The van der Waals surface area contributed by atoms with E-state index in [2.05, 4.69) is 19.6 Å². The van der Waals surface area contributed by atoms with Gasteiger partial charge >= 0.3 is 12.1 Å². The minimum atomic E-state index is -1.20. The van der Waals surface area contributed by atoms with E-state index in [1.54, 1.807) is 0 Å². The van der Waals surface area contributed by atoms with E-state index in [9.17, 15) is 9.59 Å². The minimum Gasteiger partial charge on any atom is -0.256 e. The van der Waals surface area contributed by atoms with Gasteiger partial charge in [-0.3, -0.25) is 4.89 Å². The topological polar surface area (TPSA) is 71.1 Å². The number of rotatable bonds is 2. The van der Waals surface area contributed by atoms with Crippen molar-refractivity contribution in [1.29, 1.82) is 0 Å². The van der Waals surface area contributed by atoms with Crippen molar-refractivity contribution in [3.63, 3.8) is 0 Å². The molecule has 0 bridgehead atoms. The average Bonchev–Trinajstić information content (AvgIpc) is 2.46. The smallest absolute Gasteiger partial charge is 0.256 e. The van der Waals surface area contributed by atoms with Crippen LogP contribution in [0.4, 0.5) is 4.79 Å².